The summed E-state index contributed by atoms with van der Waals surface area (Å²) in [7, 11) is 7.55. The predicted octanol–water partition coefficient (Wildman–Crippen LogP) is 1.45. The first kappa shape index (κ1) is 16.3. The second kappa shape index (κ2) is 8.43. The molecule has 1 atom stereocenters. The standard InChI is InChI=1S/C15H26N4O/c1-12(11-20-5)18-15(16-2)17-10-13-7-6-8-14(9-13)19(3)4/h6-9,12H,10-11H2,1-5H3,(H2,16,17,18)/t12-/m0/s1. The van der Waals surface area contributed by atoms with E-state index in [1.807, 2.05) is 14.1 Å². The minimum atomic E-state index is 0.222. The van der Waals surface area contributed by atoms with E-state index in [4.69, 9.17) is 4.74 Å². The molecule has 0 bridgehead atoms. The average Bonchev–Trinajstić information content (AvgIpc) is 2.44. The summed E-state index contributed by atoms with van der Waals surface area (Å²) in [6, 6.07) is 8.65. The number of nitrogens with one attached hydrogen (secondary N) is 2. The molecule has 0 aliphatic heterocycles. The van der Waals surface area contributed by atoms with Gasteiger partial charge in [0.05, 0.1) is 6.61 Å². The predicted molar refractivity (Wildman–Crippen MR) is 85.4 cm³/mol. The Labute approximate surface area is 122 Å². The van der Waals surface area contributed by atoms with Crippen LogP contribution in [0.2, 0.25) is 0 Å². The highest BCUT2D eigenvalue weighted by atomic mass is 16.5. The van der Waals surface area contributed by atoms with Crippen molar-refractivity contribution in [3.05, 3.63) is 29.8 Å². The molecule has 112 valence electrons. The molecule has 0 aromatic heterocycles. The van der Waals surface area contributed by atoms with E-state index in [2.05, 4.69) is 51.7 Å². The van der Waals surface area contributed by atoms with Gasteiger partial charge in [0, 0.05) is 46.5 Å². The van der Waals surface area contributed by atoms with Crippen LogP contribution in [0.5, 0.6) is 0 Å². The molecule has 5 nitrogen and oxygen atoms in total. The van der Waals surface area contributed by atoms with Crippen molar-refractivity contribution >= 4 is 11.6 Å². The van der Waals surface area contributed by atoms with Crippen molar-refractivity contribution in [1.29, 1.82) is 0 Å². The van der Waals surface area contributed by atoms with Crippen LogP contribution in [0.3, 0.4) is 0 Å². The Balaban J connectivity index is 2.54. The number of nitrogens with zero attached hydrogens (tertiary/aromatic N) is 2. The molecule has 0 aliphatic rings. The summed E-state index contributed by atoms with van der Waals surface area (Å²) in [5, 5.41) is 6.58. The number of hydrogen-bond acceptors (Lipinski definition) is 3. The quantitative estimate of drug-likeness (QED) is 0.611. The Morgan fingerprint density at radius 3 is 2.75 bits per heavy atom. The first-order valence-corrected chi connectivity index (χ1v) is 6.79. The minimum Gasteiger partial charge on any atom is -0.383 e. The maximum atomic E-state index is 5.10. The van der Waals surface area contributed by atoms with Gasteiger partial charge in [0.1, 0.15) is 0 Å². The second-order valence-corrected chi connectivity index (χ2v) is 4.99. The molecule has 0 heterocycles. The van der Waals surface area contributed by atoms with Crippen LogP contribution in [0.25, 0.3) is 0 Å². The summed E-state index contributed by atoms with van der Waals surface area (Å²) in [6.07, 6.45) is 0. The lowest BCUT2D eigenvalue weighted by Crippen LogP contribution is -2.43. The average molecular weight is 278 g/mol. The molecule has 0 aliphatic carbocycles. The van der Waals surface area contributed by atoms with Crippen molar-refractivity contribution in [3.63, 3.8) is 0 Å². The molecule has 0 spiro atoms. The first-order valence-electron chi connectivity index (χ1n) is 6.79. The SMILES string of the molecule is CN=C(NCc1cccc(N(C)C)c1)N[C@@H](C)COC. The molecule has 0 saturated heterocycles. The second-order valence-electron chi connectivity index (χ2n) is 4.99. The topological polar surface area (TPSA) is 48.9 Å². The highest BCUT2D eigenvalue weighted by molar-refractivity contribution is 5.79. The summed E-state index contributed by atoms with van der Waals surface area (Å²) < 4.78 is 5.10. The van der Waals surface area contributed by atoms with Gasteiger partial charge in [-0.15, -0.1) is 0 Å². The number of benzene rings is 1. The van der Waals surface area contributed by atoms with Gasteiger partial charge in [-0.1, -0.05) is 12.1 Å². The number of anilines is 1. The van der Waals surface area contributed by atoms with Gasteiger partial charge in [-0.2, -0.15) is 0 Å². The Morgan fingerprint density at radius 1 is 1.40 bits per heavy atom. The molecule has 2 N–H and O–H groups in total. The van der Waals surface area contributed by atoms with Crippen LogP contribution >= 0.6 is 0 Å². The van der Waals surface area contributed by atoms with Crippen molar-refractivity contribution in [2.45, 2.75) is 19.5 Å². The minimum absolute atomic E-state index is 0.222. The summed E-state index contributed by atoms with van der Waals surface area (Å²) in [5.41, 5.74) is 2.42. The molecule has 0 fully saturated rings. The van der Waals surface area contributed by atoms with Gasteiger partial charge in [0.15, 0.2) is 5.96 Å². The van der Waals surface area contributed by atoms with E-state index in [0.717, 1.165) is 12.5 Å². The van der Waals surface area contributed by atoms with Crippen molar-refractivity contribution in [1.82, 2.24) is 10.6 Å². The number of hydrogen-bond donors (Lipinski definition) is 2. The number of rotatable bonds is 6. The lowest BCUT2D eigenvalue weighted by Gasteiger charge is -2.18. The molecule has 1 aromatic carbocycles. The Kier molecular flexibility index (Phi) is 6.87. The molecule has 0 amide bonds. The molecule has 0 saturated carbocycles. The Morgan fingerprint density at radius 2 is 2.15 bits per heavy atom. The first-order chi connectivity index (χ1) is 9.56. The highest BCUT2D eigenvalue weighted by Crippen LogP contribution is 2.12. The molecule has 20 heavy (non-hydrogen) atoms. The zero-order valence-corrected chi connectivity index (χ0v) is 13.1. The number of guanidine groups is 1. The van der Waals surface area contributed by atoms with E-state index < -0.39 is 0 Å². The van der Waals surface area contributed by atoms with Crippen molar-refractivity contribution in [3.8, 4) is 0 Å². The van der Waals surface area contributed by atoms with Crippen LogP contribution in [-0.4, -0.2) is 46.9 Å². The highest BCUT2D eigenvalue weighted by Gasteiger charge is 2.04. The van der Waals surface area contributed by atoms with Gasteiger partial charge in [-0.25, -0.2) is 0 Å². The third-order valence-electron chi connectivity index (χ3n) is 2.91. The zero-order chi connectivity index (χ0) is 15.0. The number of methoxy groups -OCH3 is 1. The molecular weight excluding hydrogens is 252 g/mol. The zero-order valence-electron chi connectivity index (χ0n) is 13.1. The van der Waals surface area contributed by atoms with Crippen LogP contribution < -0.4 is 15.5 Å². The van der Waals surface area contributed by atoms with Gasteiger partial charge >= 0.3 is 0 Å². The lowest BCUT2D eigenvalue weighted by molar-refractivity contribution is 0.179. The summed E-state index contributed by atoms with van der Waals surface area (Å²) in [5.74, 6) is 0.782. The van der Waals surface area contributed by atoms with Gasteiger partial charge in [-0.3, -0.25) is 4.99 Å². The van der Waals surface area contributed by atoms with Crippen LogP contribution in [0.4, 0.5) is 5.69 Å². The Bertz CT molecular complexity index is 432. The molecular formula is C15H26N4O. The fourth-order valence-electron chi connectivity index (χ4n) is 1.85. The van der Waals surface area contributed by atoms with E-state index in [1.165, 1.54) is 11.3 Å². The number of aliphatic imine (C=N–C) groups is 1. The summed E-state index contributed by atoms with van der Waals surface area (Å²) in [4.78, 5) is 6.31. The summed E-state index contributed by atoms with van der Waals surface area (Å²) >= 11 is 0. The van der Waals surface area contributed by atoms with Gasteiger partial charge < -0.3 is 20.3 Å². The molecule has 0 unspecified atom stereocenters. The van der Waals surface area contributed by atoms with Crippen LogP contribution in [0.1, 0.15) is 12.5 Å². The largest absolute Gasteiger partial charge is 0.383 e. The van der Waals surface area contributed by atoms with E-state index >= 15 is 0 Å². The van der Waals surface area contributed by atoms with E-state index in [-0.39, 0.29) is 6.04 Å². The van der Waals surface area contributed by atoms with Crippen molar-refractivity contribution in [2.75, 3.05) is 39.8 Å². The fraction of sp³-hybridized carbons (Fsp3) is 0.533. The van der Waals surface area contributed by atoms with E-state index in [9.17, 15) is 0 Å². The number of ether oxygens (including phenoxy) is 1. The van der Waals surface area contributed by atoms with Gasteiger partial charge in [-0.05, 0) is 24.6 Å². The van der Waals surface area contributed by atoms with Crippen molar-refractivity contribution < 1.29 is 4.74 Å². The van der Waals surface area contributed by atoms with Crippen LogP contribution in [0, 0.1) is 0 Å². The molecule has 5 heteroatoms. The fourth-order valence-corrected chi connectivity index (χ4v) is 1.85. The third kappa shape index (κ3) is 5.48. The normalized spacial score (nSPS) is 12.9. The van der Waals surface area contributed by atoms with Crippen LogP contribution in [-0.2, 0) is 11.3 Å². The maximum absolute atomic E-state index is 5.10. The smallest absolute Gasteiger partial charge is 0.191 e. The Hall–Kier alpha value is -1.75. The molecule has 1 rings (SSSR count). The van der Waals surface area contributed by atoms with E-state index in [1.54, 1.807) is 14.2 Å². The van der Waals surface area contributed by atoms with E-state index in [0.29, 0.717) is 6.61 Å². The maximum Gasteiger partial charge on any atom is 0.191 e. The molecule has 1 aromatic rings. The summed E-state index contributed by atoms with van der Waals surface area (Å²) in [6.45, 7) is 3.45. The lowest BCUT2D eigenvalue weighted by atomic mass is 10.2. The van der Waals surface area contributed by atoms with Gasteiger partial charge in [0.2, 0.25) is 0 Å². The van der Waals surface area contributed by atoms with Crippen molar-refractivity contribution in [2.24, 2.45) is 4.99 Å². The van der Waals surface area contributed by atoms with Crippen LogP contribution in [0.15, 0.2) is 29.3 Å². The monoisotopic (exact) mass is 278 g/mol. The molecule has 0 radical (unpaired) electrons. The third-order valence-corrected chi connectivity index (χ3v) is 2.91. The van der Waals surface area contributed by atoms with Gasteiger partial charge in [0.25, 0.3) is 0 Å².